The van der Waals surface area contributed by atoms with Crippen LogP contribution in [0, 0.1) is 26.8 Å². The van der Waals surface area contributed by atoms with E-state index in [2.05, 4.69) is 5.32 Å². The van der Waals surface area contributed by atoms with Crippen LogP contribution in [0.5, 0.6) is 0 Å². The second kappa shape index (κ2) is 7.60. The quantitative estimate of drug-likeness (QED) is 0.247. The third kappa shape index (κ3) is 4.50. The maximum atomic E-state index is 14.2. The summed E-state index contributed by atoms with van der Waals surface area (Å²) in [4.78, 5) is 17.0. The van der Waals surface area contributed by atoms with E-state index in [9.17, 15) is 27.5 Å². The van der Waals surface area contributed by atoms with Crippen LogP contribution in [-0.2, 0) is 4.84 Å². The zero-order valence-corrected chi connectivity index (χ0v) is 15.7. The van der Waals surface area contributed by atoms with E-state index in [1.807, 2.05) is 28.1 Å². The van der Waals surface area contributed by atoms with E-state index in [1.54, 1.807) is 0 Å². The van der Waals surface area contributed by atoms with Crippen LogP contribution in [0.15, 0.2) is 24.3 Å². The lowest BCUT2D eigenvalue weighted by atomic mass is 10.1. The summed E-state index contributed by atoms with van der Waals surface area (Å²) < 4.78 is 56.0. The molecule has 1 fully saturated rings. The molecule has 3 N–H and O–H groups in total. The molecule has 0 heterocycles. The molecule has 2 aromatic carbocycles. The van der Waals surface area contributed by atoms with Gasteiger partial charge < -0.3 is 10.4 Å². The number of hydrogen-bond acceptors (Lipinski definition) is 4. The number of nitrogens with one attached hydrogen (secondary N) is 2. The van der Waals surface area contributed by atoms with Crippen LogP contribution in [0.2, 0.25) is 0 Å². The lowest BCUT2D eigenvalue weighted by Crippen LogP contribution is -2.30. The van der Waals surface area contributed by atoms with Crippen LogP contribution in [0.3, 0.4) is 0 Å². The molecule has 1 amide bonds. The minimum absolute atomic E-state index is 0.209. The van der Waals surface area contributed by atoms with E-state index in [-0.39, 0.29) is 12.3 Å². The van der Waals surface area contributed by atoms with Gasteiger partial charge in [-0.3, -0.25) is 9.63 Å². The molecule has 3 rings (SSSR count). The van der Waals surface area contributed by atoms with Gasteiger partial charge in [-0.05, 0) is 59.7 Å². The van der Waals surface area contributed by atoms with Crippen LogP contribution in [0.4, 0.5) is 28.9 Å². The van der Waals surface area contributed by atoms with E-state index in [0.29, 0.717) is 22.5 Å². The van der Waals surface area contributed by atoms with Gasteiger partial charge in [0, 0.05) is 3.57 Å². The lowest BCUT2D eigenvalue weighted by molar-refractivity contribution is -0.0230. The summed E-state index contributed by atoms with van der Waals surface area (Å²) in [5.74, 6) is -6.95. The Morgan fingerprint density at radius 2 is 1.85 bits per heavy atom. The molecule has 144 valence electrons. The molecular weight excluding hydrogens is 483 g/mol. The van der Waals surface area contributed by atoms with Crippen LogP contribution in [0.1, 0.15) is 23.2 Å². The summed E-state index contributed by atoms with van der Waals surface area (Å²) in [5, 5.41) is 11.9. The molecule has 0 atom stereocenters. The average molecular weight is 496 g/mol. The fourth-order valence-electron chi connectivity index (χ4n) is 2.20. The predicted octanol–water partition coefficient (Wildman–Crippen LogP) is 3.78. The van der Waals surface area contributed by atoms with Gasteiger partial charge in [0.2, 0.25) is 0 Å². The molecule has 0 bridgehead atoms. The summed E-state index contributed by atoms with van der Waals surface area (Å²) in [6.07, 6.45) is 1.00. The van der Waals surface area contributed by atoms with Gasteiger partial charge in [-0.25, -0.2) is 23.0 Å². The second-order valence-electron chi connectivity index (χ2n) is 6.10. The number of rotatable bonds is 6. The molecule has 27 heavy (non-hydrogen) atoms. The molecule has 0 aliphatic heterocycles. The van der Waals surface area contributed by atoms with Crippen LogP contribution < -0.4 is 10.8 Å². The molecule has 1 aliphatic carbocycles. The van der Waals surface area contributed by atoms with Gasteiger partial charge in [0.15, 0.2) is 17.5 Å². The Morgan fingerprint density at radius 3 is 2.48 bits per heavy atom. The third-order valence-electron chi connectivity index (χ3n) is 3.93. The van der Waals surface area contributed by atoms with E-state index in [0.717, 1.165) is 6.07 Å². The number of amides is 1. The average Bonchev–Trinajstić information content (AvgIpc) is 3.34. The van der Waals surface area contributed by atoms with Crippen molar-refractivity contribution in [1.82, 2.24) is 5.48 Å². The molecule has 10 heteroatoms. The zero-order chi connectivity index (χ0) is 19.8. The normalized spacial score (nSPS) is 14.7. The topological polar surface area (TPSA) is 70.6 Å². The van der Waals surface area contributed by atoms with Gasteiger partial charge in [0.1, 0.15) is 12.4 Å². The Bertz CT molecular complexity index is 906. The van der Waals surface area contributed by atoms with E-state index in [4.69, 9.17) is 4.84 Å². The first-order valence-corrected chi connectivity index (χ1v) is 8.82. The van der Waals surface area contributed by atoms with Gasteiger partial charge in [0.25, 0.3) is 5.91 Å². The van der Waals surface area contributed by atoms with Crippen molar-refractivity contribution in [3.8, 4) is 0 Å². The smallest absolute Gasteiger partial charge is 0.277 e. The number of halogens is 5. The summed E-state index contributed by atoms with van der Waals surface area (Å²) in [6, 6.07) is 4.37. The van der Waals surface area contributed by atoms with E-state index < -0.39 is 46.0 Å². The number of aliphatic hydroxyl groups is 1. The fraction of sp³-hybridized carbons (Fsp3) is 0.235. The predicted molar refractivity (Wildman–Crippen MR) is 96.3 cm³/mol. The monoisotopic (exact) mass is 496 g/mol. The molecule has 1 aliphatic rings. The number of hydroxylamine groups is 1. The molecule has 0 radical (unpaired) electrons. The summed E-state index contributed by atoms with van der Waals surface area (Å²) >= 11 is 1.86. The van der Waals surface area contributed by atoms with Crippen molar-refractivity contribution in [3.05, 3.63) is 56.7 Å². The summed E-state index contributed by atoms with van der Waals surface area (Å²) in [5.41, 5.74) is -0.716. The van der Waals surface area contributed by atoms with Crippen molar-refractivity contribution in [1.29, 1.82) is 0 Å². The Morgan fingerprint density at radius 1 is 1.15 bits per heavy atom. The third-order valence-corrected chi connectivity index (χ3v) is 4.60. The second-order valence-corrected chi connectivity index (χ2v) is 7.35. The Hall–Kier alpha value is -1.92. The van der Waals surface area contributed by atoms with Crippen molar-refractivity contribution >= 4 is 39.9 Å². The first kappa shape index (κ1) is 19.8. The van der Waals surface area contributed by atoms with Crippen molar-refractivity contribution in [3.63, 3.8) is 0 Å². The van der Waals surface area contributed by atoms with Gasteiger partial charge in [-0.1, -0.05) is 0 Å². The highest BCUT2D eigenvalue weighted by molar-refractivity contribution is 14.1. The summed E-state index contributed by atoms with van der Waals surface area (Å²) in [6.45, 7) is -0.209. The Labute approximate surface area is 164 Å². The molecule has 1 saturated carbocycles. The minimum Gasteiger partial charge on any atom is -0.387 e. The molecule has 0 saturated heterocycles. The highest BCUT2D eigenvalue weighted by Gasteiger charge is 2.41. The molecule has 0 aromatic heterocycles. The zero-order valence-electron chi connectivity index (χ0n) is 13.6. The van der Waals surface area contributed by atoms with Gasteiger partial charge in [-0.2, -0.15) is 0 Å². The number of hydrogen-bond donors (Lipinski definition) is 3. The van der Waals surface area contributed by atoms with Gasteiger partial charge in [-0.15, -0.1) is 0 Å². The standard InChI is InChI=1S/C17H13F4IN2O3/c18-10-5-8(22)1-2-12(10)23-15-9(6-11(19)13(20)14(15)21)16(25)24-27-7-17(26)3-4-17/h1-2,5-6,23,26H,3-4,7H2,(H,24,25). The first-order chi connectivity index (χ1) is 12.7. The highest BCUT2D eigenvalue weighted by atomic mass is 127. The number of carbonyl (C=O) groups is 1. The van der Waals surface area contributed by atoms with Crippen molar-refractivity contribution in [2.75, 3.05) is 11.9 Å². The highest BCUT2D eigenvalue weighted by Crippen LogP contribution is 2.35. The largest absolute Gasteiger partial charge is 0.387 e. The maximum absolute atomic E-state index is 14.2. The molecule has 0 spiro atoms. The number of benzene rings is 2. The SMILES string of the molecule is O=C(NOCC1(O)CC1)c1cc(F)c(F)c(F)c1Nc1ccc(I)cc1F. The first-order valence-electron chi connectivity index (χ1n) is 7.74. The maximum Gasteiger partial charge on any atom is 0.277 e. The number of anilines is 2. The van der Waals surface area contributed by atoms with E-state index >= 15 is 0 Å². The van der Waals surface area contributed by atoms with E-state index in [1.165, 1.54) is 12.1 Å². The molecule has 0 unspecified atom stereocenters. The van der Waals surface area contributed by atoms with Crippen molar-refractivity contribution in [2.45, 2.75) is 18.4 Å². The molecule has 2 aromatic rings. The van der Waals surface area contributed by atoms with Crippen LogP contribution in [0.25, 0.3) is 0 Å². The van der Waals surface area contributed by atoms with Gasteiger partial charge >= 0.3 is 0 Å². The van der Waals surface area contributed by atoms with Gasteiger partial charge in [0.05, 0.1) is 22.5 Å². The fourth-order valence-corrected chi connectivity index (χ4v) is 2.65. The van der Waals surface area contributed by atoms with Crippen LogP contribution >= 0.6 is 22.6 Å². The molecule has 5 nitrogen and oxygen atoms in total. The van der Waals surface area contributed by atoms with Crippen molar-refractivity contribution in [2.24, 2.45) is 0 Å². The Balaban J connectivity index is 1.88. The Kier molecular flexibility index (Phi) is 5.58. The van der Waals surface area contributed by atoms with Crippen molar-refractivity contribution < 1.29 is 32.3 Å². The minimum atomic E-state index is -1.81. The number of carbonyl (C=O) groups excluding carboxylic acids is 1. The lowest BCUT2D eigenvalue weighted by Gasteiger charge is -2.15. The summed E-state index contributed by atoms with van der Waals surface area (Å²) in [7, 11) is 0. The van der Waals surface area contributed by atoms with Crippen LogP contribution in [-0.4, -0.2) is 23.2 Å². The molecular formula is C17H13F4IN2O3.